The Morgan fingerprint density at radius 1 is 1.20 bits per heavy atom. The third-order valence-electron chi connectivity index (χ3n) is 5.45. The van der Waals surface area contributed by atoms with E-state index in [-0.39, 0.29) is 24.4 Å². The number of nitrogens with one attached hydrogen (secondary N) is 1. The number of carbonyl (C=O) groups excluding carboxylic acids is 2. The number of rotatable bonds is 5. The predicted molar refractivity (Wildman–Crippen MR) is 114 cm³/mol. The lowest BCUT2D eigenvalue weighted by molar-refractivity contribution is -0.133. The molecule has 0 radical (unpaired) electrons. The molecule has 2 amide bonds. The standard InChI is InChI=1S/C23H25N5O2/c1-16-8-9-17(2)19(12-16)21-7-5-11-28(21)22(29)15-27-14-18(13-25-27)26-23(30)20-6-3-4-10-24-20/h3-4,6,8-10,12-14,21H,5,7,11,15H2,1-2H3,(H,26,30)/t21-/m0/s1. The van der Waals surface area contributed by atoms with Crippen LogP contribution in [0.1, 0.15) is 46.1 Å². The Balaban J connectivity index is 1.43. The van der Waals surface area contributed by atoms with Crippen molar-refractivity contribution in [3.8, 4) is 0 Å². The minimum atomic E-state index is -0.309. The summed E-state index contributed by atoms with van der Waals surface area (Å²) in [6.07, 6.45) is 6.75. The summed E-state index contributed by atoms with van der Waals surface area (Å²) < 4.78 is 1.56. The first-order valence-corrected chi connectivity index (χ1v) is 10.1. The molecule has 0 aliphatic carbocycles. The van der Waals surface area contributed by atoms with E-state index in [9.17, 15) is 9.59 Å². The third kappa shape index (κ3) is 4.25. The van der Waals surface area contributed by atoms with Gasteiger partial charge in [-0.15, -0.1) is 0 Å². The first-order valence-electron chi connectivity index (χ1n) is 10.1. The van der Waals surface area contributed by atoms with Gasteiger partial charge in [-0.25, -0.2) is 0 Å². The first-order chi connectivity index (χ1) is 14.5. The van der Waals surface area contributed by atoms with Crippen LogP contribution >= 0.6 is 0 Å². The van der Waals surface area contributed by atoms with E-state index < -0.39 is 0 Å². The lowest BCUT2D eigenvalue weighted by Gasteiger charge is -2.26. The number of likely N-dealkylation sites (tertiary alicyclic amines) is 1. The average Bonchev–Trinajstić information content (AvgIpc) is 3.40. The van der Waals surface area contributed by atoms with E-state index in [1.165, 1.54) is 16.7 Å². The summed E-state index contributed by atoms with van der Waals surface area (Å²) in [5.74, 6) is -0.278. The minimum absolute atomic E-state index is 0.0316. The van der Waals surface area contributed by atoms with Crippen molar-refractivity contribution in [3.05, 3.63) is 77.4 Å². The maximum Gasteiger partial charge on any atom is 0.274 e. The van der Waals surface area contributed by atoms with Crippen LogP contribution in [0.3, 0.4) is 0 Å². The van der Waals surface area contributed by atoms with Crippen LogP contribution in [0.4, 0.5) is 5.69 Å². The lowest BCUT2D eigenvalue weighted by atomic mass is 9.97. The van der Waals surface area contributed by atoms with E-state index >= 15 is 0 Å². The highest BCUT2D eigenvalue weighted by Gasteiger charge is 2.31. The summed E-state index contributed by atoms with van der Waals surface area (Å²) in [5, 5.41) is 7.00. The van der Waals surface area contributed by atoms with Crippen LogP contribution < -0.4 is 5.32 Å². The van der Waals surface area contributed by atoms with Gasteiger partial charge in [-0.1, -0.05) is 29.8 Å². The second kappa shape index (κ2) is 8.49. The number of amides is 2. The molecule has 154 valence electrons. The van der Waals surface area contributed by atoms with Crippen LogP contribution in [0.15, 0.2) is 55.0 Å². The number of anilines is 1. The normalized spacial score (nSPS) is 15.9. The third-order valence-corrected chi connectivity index (χ3v) is 5.45. The molecule has 0 unspecified atom stereocenters. The van der Waals surface area contributed by atoms with E-state index in [1.807, 2.05) is 4.90 Å². The van der Waals surface area contributed by atoms with Crippen molar-refractivity contribution in [1.82, 2.24) is 19.7 Å². The molecule has 2 aromatic heterocycles. The molecule has 0 saturated carbocycles. The maximum absolute atomic E-state index is 13.0. The topological polar surface area (TPSA) is 80.1 Å². The summed E-state index contributed by atoms with van der Waals surface area (Å²) in [7, 11) is 0. The molecule has 1 aromatic carbocycles. The van der Waals surface area contributed by atoms with Crippen LogP contribution in [0, 0.1) is 13.8 Å². The Morgan fingerprint density at radius 2 is 2.07 bits per heavy atom. The Kier molecular flexibility index (Phi) is 5.61. The molecule has 1 N–H and O–H groups in total. The Morgan fingerprint density at radius 3 is 2.87 bits per heavy atom. The number of hydrogen-bond acceptors (Lipinski definition) is 4. The predicted octanol–water partition coefficient (Wildman–Crippen LogP) is 3.51. The summed E-state index contributed by atoms with van der Waals surface area (Å²) in [4.78, 5) is 31.2. The van der Waals surface area contributed by atoms with Crippen molar-refractivity contribution >= 4 is 17.5 Å². The van der Waals surface area contributed by atoms with Gasteiger partial charge in [0.25, 0.3) is 5.91 Å². The molecular formula is C23H25N5O2. The van der Waals surface area contributed by atoms with Crippen LogP contribution in [-0.2, 0) is 11.3 Å². The molecule has 4 rings (SSSR count). The molecule has 1 atom stereocenters. The van der Waals surface area contributed by atoms with Gasteiger partial charge >= 0.3 is 0 Å². The molecule has 30 heavy (non-hydrogen) atoms. The van der Waals surface area contributed by atoms with E-state index in [4.69, 9.17) is 0 Å². The van der Waals surface area contributed by atoms with Crippen molar-refractivity contribution in [2.24, 2.45) is 0 Å². The van der Waals surface area contributed by atoms with Crippen molar-refractivity contribution in [3.63, 3.8) is 0 Å². The molecule has 7 heteroatoms. The molecule has 3 aromatic rings. The Labute approximate surface area is 175 Å². The quantitative estimate of drug-likeness (QED) is 0.707. The van der Waals surface area contributed by atoms with E-state index in [0.29, 0.717) is 11.4 Å². The highest BCUT2D eigenvalue weighted by Crippen LogP contribution is 2.34. The molecule has 1 aliphatic rings. The highest BCUT2D eigenvalue weighted by molar-refractivity contribution is 6.02. The van der Waals surface area contributed by atoms with Crippen LogP contribution in [-0.4, -0.2) is 38.0 Å². The van der Waals surface area contributed by atoms with E-state index in [1.54, 1.807) is 41.5 Å². The van der Waals surface area contributed by atoms with Gasteiger partial charge in [0.2, 0.25) is 5.91 Å². The van der Waals surface area contributed by atoms with Gasteiger partial charge in [-0.05, 0) is 49.9 Å². The molecule has 0 bridgehead atoms. The first kappa shape index (κ1) is 19.8. The zero-order valence-electron chi connectivity index (χ0n) is 17.2. The second-order valence-corrected chi connectivity index (χ2v) is 7.70. The van der Waals surface area contributed by atoms with Gasteiger partial charge in [-0.2, -0.15) is 5.10 Å². The molecule has 1 saturated heterocycles. The van der Waals surface area contributed by atoms with Gasteiger partial charge < -0.3 is 10.2 Å². The molecule has 7 nitrogen and oxygen atoms in total. The van der Waals surface area contributed by atoms with Gasteiger partial charge in [0.15, 0.2) is 0 Å². The lowest BCUT2D eigenvalue weighted by Crippen LogP contribution is -2.33. The van der Waals surface area contributed by atoms with Crippen molar-refractivity contribution in [1.29, 1.82) is 0 Å². The van der Waals surface area contributed by atoms with Crippen molar-refractivity contribution < 1.29 is 9.59 Å². The number of aryl methyl sites for hydroxylation is 2. The highest BCUT2D eigenvalue weighted by atomic mass is 16.2. The Hall–Kier alpha value is -3.48. The monoisotopic (exact) mass is 403 g/mol. The van der Waals surface area contributed by atoms with E-state index in [2.05, 4.69) is 47.4 Å². The number of nitrogens with zero attached hydrogens (tertiary/aromatic N) is 4. The largest absolute Gasteiger partial charge is 0.334 e. The number of aromatic nitrogens is 3. The molecule has 3 heterocycles. The fourth-order valence-electron chi connectivity index (χ4n) is 3.94. The molecule has 1 fully saturated rings. The van der Waals surface area contributed by atoms with Gasteiger partial charge in [0.05, 0.1) is 17.9 Å². The van der Waals surface area contributed by atoms with Crippen LogP contribution in [0.5, 0.6) is 0 Å². The average molecular weight is 403 g/mol. The van der Waals surface area contributed by atoms with Crippen molar-refractivity contribution in [2.45, 2.75) is 39.3 Å². The fraction of sp³-hybridized carbons (Fsp3) is 0.304. The summed E-state index contributed by atoms with van der Waals surface area (Å²) in [5.41, 5.74) is 4.50. The van der Waals surface area contributed by atoms with Gasteiger partial charge in [-0.3, -0.25) is 19.3 Å². The van der Waals surface area contributed by atoms with Crippen LogP contribution in [0.2, 0.25) is 0 Å². The molecular weight excluding hydrogens is 378 g/mol. The number of benzene rings is 1. The van der Waals surface area contributed by atoms with E-state index in [0.717, 1.165) is 19.4 Å². The zero-order valence-corrected chi connectivity index (χ0v) is 17.2. The van der Waals surface area contributed by atoms with Crippen molar-refractivity contribution in [2.75, 3.05) is 11.9 Å². The summed E-state index contributed by atoms with van der Waals surface area (Å²) >= 11 is 0. The Bertz CT molecular complexity index is 1060. The molecule has 1 aliphatic heterocycles. The van der Waals surface area contributed by atoms with Gasteiger partial charge in [0.1, 0.15) is 12.2 Å². The number of pyridine rings is 1. The number of hydrogen-bond donors (Lipinski definition) is 1. The van der Waals surface area contributed by atoms with Crippen LogP contribution in [0.25, 0.3) is 0 Å². The maximum atomic E-state index is 13.0. The minimum Gasteiger partial charge on any atom is -0.334 e. The second-order valence-electron chi connectivity index (χ2n) is 7.70. The molecule has 0 spiro atoms. The SMILES string of the molecule is Cc1ccc(C)c([C@@H]2CCCN2C(=O)Cn2cc(NC(=O)c3ccccn3)cn2)c1. The summed E-state index contributed by atoms with van der Waals surface area (Å²) in [6.45, 7) is 5.07. The fourth-order valence-corrected chi connectivity index (χ4v) is 3.94. The smallest absolute Gasteiger partial charge is 0.274 e. The summed E-state index contributed by atoms with van der Waals surface area (Å²) in [6, 6.07) is 11.7. The van der Waals surface area contributed by atoms with Gasteiger partial charge in [0, 0.05) is 18.9 Å². The number of carbonyl (C=O) groups is 2. The zero-order chi connectivity index (χ0) is 21.1.